The molecule has 0 aliphatic heterocycles. The first-order valence-corrected chi connectivity index (χ1v) is 8.30. The second-order valence-corrected chi connectivity index (χ2v) is 6.26. The smallest absolute Gasteiger partial charge is 0.315 e. The Hall–Kier alpha value is -2.34. The van der Waals surface area contributed by atoms with Crippen molar-refractivity contribution in [3.8, 4) is 5.69 Å². The third kappa shape index (κ3) is 5.09. The average molecular weight is 329 g/mol. The first-order valence-electron chi connectivity index (χ1n) is 8.30. The van der Waals surface area contributed by atoms with E-state index >= 15 is 0 Å². The number of amides is 2. The topological polar surface area (TPSA) is 62.2 Å². The number of rotatable bonds is 7. The molecule has 0 unspecified atom stereocenters. The van der Waals surface area contributed by atoms with Crippen molar-refractivity contribution in [3.05, 3.63) is 48.5 Å². The number of nitrogens with zero attached hydrogens (tertiary/aromatic N) is 3. The van der Waals surface area contributed by atoms with Crippen molar-refractivity contribution in [2.45, 2.75) is 32.9 Å². The quantitative estimate of drug-likeness (QED) is 0.821. The highest BCUT2D eigenvalue weighted by atomic mass is 16.2. The zero-order valence-corrected chi connectivity index (χ0v) is 14.9. The van der Waals surface area contributed by atoms with Gasteiger partial charge in [0, 0.05) is 37.2 Å². The van der Waals surface area contributed by atoms with E-state index in [2.05, 4.69) is 47.5 Å². The Bertz CT molecular complexity index is 639. The minimum absolute atomic E-state index is 0.0729. The molecule has 1 atom stereocenters. The molecule has 2 aromatic rings. The van der Waals surface area contributed by atoms with Crippen LogP contribution in [0.4, 0.5) is 4.79 Å². The van der Waals surface area contributed by atoms with E-state index in [1.807, 2.05) is 35.9 Å². The highest BCUT2D eigenvalue weighted by molar-refractivity contribution is 5.74. The summed E-state index contributed by atoms with van der Waals surface area (Å²) in [6.07, 6.45) is 5.40. The van der Waals surface area contributed by atoms with Crippen LogP contribution >= 0.6 is 0 Å². The Balaban J connectivity index is 1.87. The Morgan fingerprint density at radius 1 is 1.33 bits per heavy atom. The zero-order chi connectivity index (χ0) is 17.5. The maximum atomic E-state index is 12.0. The molecule has 6 heteroatoms. The van der Waals surface area contributed by atoms with Crippen molar-refractivity contribution in [1.82, 2.24) is 25.1 Å². The molecule has 0 bridgehead atoms. The minimum Gasteiger partial charge on any atom is -0.337 e. The number of likely N-dealkylation sites (N-methyl/N-ethyl adjacent to an activating group) is 1. The van der Waals surface area contributed by atoms with Gasteiger partial charge in [0.25, 0.3) is 0 Å². The van der Waals surface area contributed by atoms with Crippen molar-refractivity contribution < 1.29 is 4.79 Å². The fourth-order valence-electron chi connectivity index (χ4n) is 2.30. The molecule has 0 radical (unpaired) electrons. The Labute approximate surface area is 143 Å². The van der Waals surface area contributed by atoms with Crippen LogP contribution in [0.3, 0.4) is 0 Å². The molecule has 2 N–H and O–H groups in total. The lowest BCUT2D eigenvalue weighted by atomic mass is 10.1. The van der Waals surface area contributed by atoms with Crippen molar-refractivity contribution in [2.75, 3.05) is 20.1 Å². The Kier molecular flexibility index (Phi) is 6.37. The summed E-state index contributed by atoms with van der Waals surface area (Å²) < 4.78 is 1.94. The summed E-state index contributed by atoms with van der Waals surface area (Å²) >= 11 is 0. The molecule has 1 aromatic heterocycles. The summed E-state index contributed by atoms with van der Waals surface area (Å²) in [5.41, 5.74) is 2.08. The van der Waals surface area contributed by atoms with Gasteiger partial charge in [0.05, 0.1) is 12.4 Å². The van der Waals surface area contributed by atoms with E-state index in [-0.39, 0.29) is 12.1 Å². The molecule has 6 nitrogen and oxygen atoms in total. The van der Waals surface area contributed by atoms with Crippen LogP contribution in [0.2, 0.25) is 0 Å². The average Bonchev–Trinajstić information content (AvgIpc) is 3.09. The molecule has 130 valence electrons. The second-order valence-electron chi connectivity index (χ2n) is 6.26. The van der Waals surface area contributed by atoms with Gasteiger partial charge in [0.2, 0.25) is 0 Å². The lowest BCUT2D eigenvalue weighted by Crippen LogP contribution is -2.41. The normalized spacial score (nSPS) is 12.4. The number of nitrogens with one attached hydrogen (secondary N) is 2. The molecule has 0 spiro atoms. The van der Waals surface area contributed by atoms with Gasteiger partial charge in [-0.25, -0.2) is 9.78 Å². The lowest BCUT2D eigenvalue weighted by Gasteiger charge is -2.21. The third-order valence-corrected chi connectivity index (χ3v) is 4.15. The fraction of sp³-hybridized carbons (Fsp3) is 0.444. The number of carbonyl (C=O) groups excluding carboxylic acids is 1. The van der Waals surface area contributed by atoms with E-state index in [0.717, 1.165) is 17.8 Å². The van der Waals surface area contributed by atoms with E-state index < -0.39 is 0 Å². The van der Waals surface area contributed by atoms with Crippen LogP contribution < -0.4 is 10.6 Å². The van der Waals surface area contributed by atoms with Crippen molar-refractivity contribution >= 4 is 6.03 Å². The van der Waals surface area contributed by atoms with Gasteiger partial charge >= 0.3 is 6.03 Å². The number of hydrogen-bond acceptors (Lipinski definition) is 3. The minimum atomic E-state index is -0.146. The largest absolute Gasteiger partial charge is 0.337 e. The highest BCUT2D eigenvalue weighted by Crippen LogP contribution is 2.16. The van der Waals surface area contributed by atoms with Gasteiger partial charge < -0.3 is 20.1 Å². The lowest BCUT2D eigenvalue weighted by molar-refractivity contribution is 0.232. The van der Waals surface area contributed by atoms with Gasteiger partial charge in [0.1, 0.15) is 0 Å². The molecular formula is C18H27N5O. The molecule has 0 aliphatic carbocycles. The monoisotopic (exact) mass is 329 g/mol. The van der Waals surface area contributed by atoms with Crippen LogP contribution in [0.15, 0.2) is 43.0 Å². The maximum absolute atomic E-state index is 12.0. The SMILES string of the molecule is CC(C)N(C)CCNC(=O)N[C@H](C)c1cccc(-n2ccnc2)c1. The molecule has 24 heavy (non-hydrogen) atoms. The third-order valence-electron chi connectivity index (χ3n) is 4.15. The molecule has 2 amide bonds. The predicted molar refractivity (Wildman–Crippen MR) is 96.3 cm³/mol. The van der Waals surface area contributed by atoms with Crippen molar-refractivity contribution in [3.63, 3.8) is 0 Å². The van der Waals surface area contributed by atoms with Gasteiger partial charge in [-0.05, 0) is 45.5 Å². The summed E-state index contributed by atoms with van der Waals surface area (Å²) in [5.74, 6) is 0. The summed E-state index contributed by atoms with van der Waals surface area (Å²) in [5, 5.41) is 5.88. The van der Waals surface area contributed by atoms with Crippen molar-refractivity contribution in [1.29, 1.82) is 0 Å². The highest BCUT2D eigenvalue weighted by Gasteiger charge is 2.10. The summed E-state index contributed by atoms with van der Waals surface area (Å²) in [4.78, 5) is 18.3. The molecule has 1 heterocycles. The van der Waals surface area contributed by atoms with Crippen LogP contribution in [-0.2, 0) is 0 Å². The molecule has 0 saturated carbocycles. The summed E-state index contributed by atoms with van der Waals surface area (Å²) in [6, 6.07) is 8.32. The van der Waals surface area contributed by atoms with Gasteiger partial charge in [-0.2, -0.15) is 0 Å². The molecule has 0 fully saturated rings. The van der Waals surface area contributed by atoms with Crippen LogP contribution in [0.5, 0.6) is 0 Å². The molecular weight excluding hydrogens is 302 g/mol. The first kappa shape index (κ1) is 18.0. The Morgan fingerprint density at radius 3 is 2.79 bits per heavy atom. The van der Waals surface area contributed by atoms with Gasteiger partial charge in [-0.1, -0.05) is 12.1 Å². The van der Waals surface area contributed by atoms with Gasteiger partial charge in [-0.15, -0.1) is 0 Å². The van der Waals surface area contributed by atoms with Gasteiger partial charge in [-0.3, -0.25) is 0 Å². The van der Waals surface area contributed by atoms with E-state index in [0.29, 0.717) is 12.6 Å². The van der Waals surface area contributed by atoms with E-state index in [4.69, 9.17) is 0 Å². The number of hydrogen-bond donors (Lipinski definition) is 2. The van der Waals surface area contributed by atoms with Crippen molar-refractivity contribution in [2.24, 2.45) is 0 Å². The number of urea groups is 1. The molecule has 1 aromatic carbocycles. The molecule has 0 saturated heterocycles. The van der Waals surface area contributed by atoms with Gasteiger partial charge in [0.15, 0.2) is 0 Å². The van der Waals surface area contributed by atoms with E-state index in [9.17, 15) is 4.79 Å². The number of carbonyl (C=O) groups is 1. The Morgan fingerprint density at radius 2 is 2.12 bits per heavy atom. The number of aromatic nitrogens is 2. The van der Waals surface area contributed by atoms with Crippen LogP contribution in [0.25, 0.3) is 5.69 Å². The summed E-state index contributed by atoms with van der Waals surface area (Å²) in [7, 11) is 2.05. The number of imidazole rings is 1. The maximum Gasteiger partial charge on any atom is 0.315 e. The van der Waals surface area contributed by atoms with Crippen LogP contribution in [0, 0.1) is 0 Å². The standard InChI is InChI=1S/C18H27N5O/c1-14(2)22(4)10-9-20-18(24)21-15(3)16-6-5-7-17(12-16)23-11-8-19-13-23/h5-8,11-15H,9-10H2,1-4H3,(H2,20,21,24)/t15-/m1/s1. The van der Waals surface area contributed by atoms with Crippen LogP contribution in [-0.4, -0.2) is 46.7 Å². The number of benzene rings is 1. The van der Waals surface area contributed by atoms with Crippen LogP contribution in [0.1, 0.15) is 32.4 Å². The zero-order valence-electron chi connectivity index (χ0n) is 14.9. The first-order chi connectivity index (χ1) is 11.5. The molecule has 2 rings (SSSR count). The fourth-order valence-corrected chi connectivity index (χ4v) is 2.30. The van der Waals surface area contributed by atoms with E-state index in [1.165, 1.54) is 0 Å². The summed E-state index contributed by atoms with van der Waals surface area (Å²) in [6.45, 7) is 7.70. The van der Waals surface area contributed by atoms with E-state index in [1.54, 1.807) is 12.5 Å². The molecule has 0 aliphatic rings. The second kappa shape index (κ2) is 8.49. The predicted octanol–water partition coefficient (Wildman–Crippen LogP) is 2.57.